The Morgan fingerprint density at radius 1 is 1.18 bits per heavy atom. The number of allylic oxidation sites excluding steroid dienone is 6. The van der Waals surface area contributed by atoms with E-state index in [2.05, 4.69) is 6.58 Å². The highest BCUT2D eigenvalue weighted by molar-refractivity contribution is 5.88. The van der Waals surface area contributed by atoms with Gasteiger partial charge in [0.15, 0.2) is 11.7 Å². The maximum absolute atomic E-state index is 14.1. The average Bonchev–Trinajstić information content (AvgIpc) is 2.49. The molecule has 0 heterocycles. The molecule has 2 rings (SSSR count). The lowest BCUT2D eigenvalue weighted by molar-refractivity contribution is -0.130. The van der Waals surface area contributed by atoms with Crippen LogP contribution in [0.25, 0.3) is 5.57 Å². The quantitative estimate of drug-likeness (QED) is 0.443. The fourth-order valence-electron chi connectivity index (χ4n) is 1.94. The number of halogens is 2. The van der Waals surface area contributed by atoms with Crippen molar-refractivity contribution >= 4 is 11.5 Å². The summed E-state index contributed by atoms with van der Waals surface area (Å²) >= 11 is 0. The zero-order chi connectivity index (χ0) is 16.1. The van der Waals surface area contributed by atoms with Crippen molar-refractivity contribution in [3.05, 3.63) is 71.9 Å². The standard InChI is InChI=1S/C18H16F2O2/c1-12(2)18(21)22-14-10-8-13(9-11-14)15-6-4-3-5-7-16(19)17(15)20/h5-11H,1,3-4H2,2H3/b7-5+,15-6-,17-16-. The molecule has 0 unspecified atom stereocenters. The van der Waals surface area contributed by atoms with Gasteiger partial charge in [0.25, 0.3) is 0 Å². The molecule has 0 N–H and O–H groups in total. The molecule has 0 saturated heterocycles. The predicted octanol–water partition coefficient (Wildman–Crippen LogP) is 5.05. The van der Waals surface area contributed by atoms with Crippen molar-refractivity contribution in [3.8, 4) is 5.75 Å². The second-order valence-corrected chi connectivity index (χ2v) is 4.95. The van der Waals surface area contributed by atoms with Crippen LogP contribution in [0.2, 0.25) is 0 Å². The van der Waals surface area contributed by atoms with Crippen molar-refractivity contribution in [1.29, 1.82) is 0 Å². The van der Waals surface area contributed by atoms with Gasteiger partial charge in [-0.2, -0.15) is 0 Å². The van der Waals surface area contributed by atoms with Crippen LogP contribution in [0.4, 0.5) is 8.78 Å². The molecule has 2 nitrogen and oxygen atoms in total. The van der Waals surface area contributed by atoms with Crippen molar-refractivity contribution in [2.45, 2.75) is 19.8 Å². The smallest absolute Gasteiger partial charge is 0.338 e. The van der Waals surface area contributed by atoms with Crippen molar-refractivity contribution in [2.75, 3.05) is 0 Å². The molecule has 0 amide bonds. The van der Waals surface area contributed by atoms with Crippen LogP contribution in [0.3, 0.4) is 0 Å². The topological polar surface area (TPSA) is 26.3 Å². The highest BCUT2D eigenvalue weighted by Gasteiger charge is 2.14. The van der Waals surface area contributed by atoms with Crippen LogP contribution in [-0.2, 0) is 4.79 Å². The Balaban J connectivity index is 2.26. The zero-order valence-electron chi connectivity index (χ0n) is 12.2. The summed E-state index contributed by atoms with van der Waals surface area (Å²) in [6.07, 6.45) is 5.68. The largest absolute Gasteiger partial charge is 0.423 e. The minimum atomic E-state index is -0.886. The van der Waals surface area contributed by atoms with E-state index in [0.717, 1.165) is 6.08 Å². The molecule has 1 aliphatic carbocycles. The molecule has 0 aliphatic heterocycles. The Hall–Kier alpha value is -2.49. The first kappa shape index (κ1) is 15.9. The Morgan fingerprint density at radius 3 is 2.50 bits per heavy atom. The number of benzene rings is 1. The van der Waals surface area contributed by atoms with Gasteiger partial charge in [0.2, 0.25) is 0 Å². The SMILES string of the molecule is C=C(C)C(=O)Oc1ccc(C2=C/CC/C=C/C(F)=C\2F)cc1. The molecule has 1 aromatic rings. The van der Waals surface area contributed by atoms with Gasteiger partial charge in [-0.3, -0.25) is 0 Å². The van der Waals surface area contributed by atoms with Crippen molar-refractivity contribution in [3.63, 3.8) is 0 Å². The van der Waals surface area contributed by atoms with E-state index in [4.69, 9.17) is 4.74 Å². The lowest BCUT2D eigenvalue weighted by atomic mass is 10.0. The molecule has 114 valence electrons. The molecule has 4 heteroatoms. The van der Waals surface area contributed by atoms with Crippen LogP contribution in [0.5, 0.6) is 5.75 Å². The molecular formula is C18H16F2O2. The number of rotatable bonds is 3. The second-order valence-electron chi connectivity index (χ2n) is 4.95. The van der Waals surface area contributed by atoms with Crippen molar-refractivity contribution < 1.29 is 18.3 Å². The monoisotopic (exact) mass is 302 g/mol. The summed E-state index contributed by atoms with van der Waals surface area (Å²) in [4.78, 5) is 11.4. The fourth-order valence-corrected chi connectivity index (χ4v) is 1.94. The van der Waals surface area contributed by atoms with E-state index in [0.29, 0.717) is 24.2 Å². The van der Waals surface area contributed by atoms with E-state index < -0.39 is 17.6 Å². The molecule has 0 atom stereocenters. The third kappa shape index (κ3) is 3.79. The van der Waals surface area contributed by atoms with Crippen LogP contribution in [0.1, 0.15) is 25.3 Å². The molecule has 1 aliphatic rings. The van der Waals surface area contributed by atoms with Gasteiger partial charge in [0.1, 0.15) is 5.75 Å². The Morgan fingerprint density at radius 2 is 1.86 bits per heavy atom. The van der Waals surface area contributed by atoms with E-state index in [1.54, 1.807) is 31.2 Å². The molecule has 0 spiro atoms. The Kier molecular flexibility index (Phi) is 5.04. The number of ether oxygens (including phenoxy) is 1. The zero-order valence-corrected chi connectivity index (χ0v) is 12.2. The van der Waals surface area contributed by atoms with Gasteiger partial charge in [-0.25, -0.2) is 13.6 Å². The number of hydrogen-bond acceptors (Lipinski definition) is 2. The van der Waals surface area contributed by atoms with Crippen molar-refractivity contribution in [2.24, 2.45) is 0 Å². The van der Waals surface area contributed by atoms with Crippen LogP contribution >= 0.6 is 0 Å². The number of carbonyl (C=O) groups is 1. The van der Waals surface area contributed by atoms with Gasteiger partial charge in [0.05, 0.1) is 0 Å². The summed E-state index contributed by atoms with van der Waals surface area (Å²) in [5.74, 6) is -1.97. The highest BCUT2D eigenvalue weighted by Crippen LogP contribution is 2.31. The lowest BCUT2D eigenvalue weighted by Crippen LogP contribution is -2.08. The lowest BCUT2D eigenvalue weighted by Gasteiger charge is -2.10. The molecule has 22 heavy (non-hydrogen) atoms. The molecule has 0 aromatic heterocycles. The minimum Gasteiger partial charge on any atom is -0.423 e. The first-order chi connectivity index (χ1) is 10.5. The van der Waals surface area contributed by atoms with Gasteiger partial charge in [-0.05, 0) is 43.5 Å². The summed E-state index contributed by atoms with van der Waals surface area (Å²) in [7, 11) is 0. The van der Waals surface area contributed by atoms with Crippen LogP contribution in [0.15, 0.2) is 66.3 Å². The van der Waals surface area contributed by atoms with Crippen LogP contribution < -0.4 is 4.74 Å². The minimum absolute atomic E-state index is 0.208. The molecule has 0 bridgehead atoms. The summed E-state index contributed by atoms with van der Waals surface area (Å²) in [6, 6.07) is 6.25. The van der Waals surface area contributed by atoms with E-state index in [-0.39, 0.29) is 11.1 Å². The fraction of sp³-hybridized carbons (Fsp3) is 0.167. The summed E-state index contributed by atoms with van der Waals surface area (Å²) in [5, 5.41) is 0. The number of carbonyl (C=O) groups excluding carboxylic acids is 1. The first-order valence-corrected chi connectivity index (χ1v) is 6.89. The highest BCUT2D eigenvalue weighted by atomic mass is 19.2. The van der Waals surface area contributed by atoms with Gasteiger partial charge in [-0.1, -0.05) is 30.9 Å². The summed E-state index contributed by atoms with van der Waals surface area (Å²) < 4.78 is 32.7. The molecule has 0 radical (unpaired) electrons. The third-order valence-electron chi connectivity index (χ3n) is 3.12. The molecule has 0 saturated carbocycles. The Bertz CT molecular complexity index is 680. The van der Waals surface area contributed by atoms with Crippen LogP contribution in [-0.4, -0.2) is 5.97 Å². The maximum atomic E-state index is 14.1. The van der Waals surface area contributed by atoms with Gasteiger partial charge in [-0.15, -0.1) is 0 Å². The van der Waals surface area contributed by atoms with E-state index >= 15 is 0 Å². The molecule has 1 aromatic carbocycles. The normalized spacial score (nSPS) is 22.0. The summed E-state index contributed by atoms with van der Waals surface area (Å²) in [6.45, 7) is 5.04. The third-order valence-corrected chi connectivity index (χ3v) is 3.12. The first-order valence-electron chi connectivity index (χ1n) is 6.89. The van der Waals surface area contributed by atoms with E-state index in [9.17, 15) is 13.6 Å². The predicted molar refractivity (Wildman–Crippen MR) is 82.5 cm³/mol. The molecule has 0 fully saturated rings. The van der Waals surface area contributed by atoms with Gasteiger partial charge in [0, 0.05) is 11.1 Å². The van der Waals surface area contributed by atoms with E-state index in [1.807, 2.05) is 0 Å². The van der Waals surface area contributed by atoms with Crippen LogP contribution in [0, 0.1) is 0 Å². The van der Waals surface area contributed by atoms with Gasteiger partial charge >= 0.3 is 5.97 Å². The average molecular weight is 302 g/mol. The van der Waals surface area contributed by atoms with E-state index in [1.165, 1.54) is 12.1 Å². The number of esters is 1. The van der Waals surface area contributed by atoms with Crippen molar-refractivity contribution in [1.82, 2.24) is 0 Å². The second kappa shape index (κ2) is 6.98. The molecular weight excluding hydrogens is 286 g/mol. The number of hydrogen-bond donors (Lipinski definition) is 0. The maximum Gasteiger partial charge on any atom is 0.338 e. The summed E-state index contributed by atoms with van der Waals surface area (Å²) in [5.41, 5.74) is 1.02. The Labute approximate surface area is 128 Å². The van der Waals surface area contributed by atoms with Gasteiger partial charge < -0.3 is 4.74 Å².